The Labute approximate surface area is 672 Å². The molecule has 0 atom stereocenters. The second kappa shape index (κ2) is 45.7. The van der Waals surface area contributed by atoms with Gasteiger partial charge in [-0.2, -0.15) is 15.7 Å². The van der Waals surface area contributed by atoms with Crippen LogP contribution in [0.25, 0.3) is 76.6 Å². The fourth-order valence-electron chi connectivity index (χ4n) is 10.7. The molecule has 0 aliphatic heterocycles. The Morgan fingerprint density at radius 3 is 1.26 bits per heavy atom. The van der Waals surface area contributed by atoms with Gasteiger partial charge >= 0.3 is 135 Å². The van der Waals surface area contributed by atoms with Crippen molar-refractivity contribution in [2.24, 2.45) is 31.5 Å². The maximum absolute atomic E-state index is 10.3. The van der Waals surface area contributed by atoms with E-state index in [1.165, 1.54) is 69.0 Å². The third-order valence-corrected chi connectivity index (χ3v) is 29.8. The third kappa shape index (κ3) is 26.4. The van der Waals surface area contributed by atoms with Crippen molar-refractivity contribution in [3.8, 4) is 6.07 Å². The van der Waals surface area contributed by atoms with E-state index in [0.717, 1.165) is 87.0 Å². The van der Waals surface area contributed by atoms with E-state index in [9.17, 15) is 15.3 Å². The molecule has 0 spiro atoms. The number of aryl methyl sites for hydroxylation is 7. The second-order valence-electron chi connectivity index (χ2n) is 24.5. The molecule has 15 aromatic rings. The molecule has 4 N–H and O–H groups in total. The van der Waals surface area contributed by atoms with Crippen LogP contribution in [-0.4, -0.2) is 166 Å². The number of hydrogen-bond acceptors (Lipinski definition) is 25. The number of nitro groups is 1. The van der Waals surface area contributed by atoms with Crippen LogP contribution in [0.5, 0.6) is 0 Å². The number of tetrazole rings is 2. The van der Waals surface area contributed by atoms with Crippen LogP contribution < -0.4 is 29.6 Å². The van der Waals surface area contributed by atoms with Crippen LogP contribution in [-0.2, 0) is 52.8 Å². The molecule has 568 valence electrons. The number of aromatic nitrogens is 26. The molecule has 36 nitrogen and oxygen atoms in total. The summed E-state index contributed by atoms with van der Waals surface area (Å²) in [7, 11) is 7.50. The van der Waals surface area contributed by atoms with E-state index in [-0.39, 0.29) is 47.7 Å². The SMILES string of the molecule is C.CCC[CH2][Sn]([CH2]CCC)([CH2]CCC)[N]=[N+]=[N-].Cc1ccc([N+](=O)[O-])c(Cl)c1.Cc1ccc2c(c1)nnn2C.Cc1ccc2c(c1)nnn2O.Cn1nnc2cc(CBr)ccc21.Cn1nnc2cc(CC#N)ccc21.Cn1nnc2cc(Cc3nn[nH]n3)ccc21.On1nnc2cc(Cc3nn[nH]n3)ccc21.[C-]#N.[Na+]. The Morgan fingerprint density at radius 1 is 0.545 bits per heavy atom. The molecule has 8 heterocycles. The van der Waals surface area contributed by atoms with Gasteiger partial charge < -0.3 is 22.2 Å². The summed E-state index contributed by atoms with van der Waals surface area (Å²) in [5, 5.41) is 118. The summed E-state index contributed by atoms with van der Waals surface area (Å²) in [6, 6.07) is 41.7. The third-order valence-electron chi connectivity index (χ3n) is 16.4. The van der Waals surface area contributed by atoms with Crippen molar-refractivity contribution in [2.75, 3.05) is 0 Å². The Kier molecular flexibility index (Phi) is 37.2. The largest absolute Gasteiger partial charge is 1.00 e. The van der Waals surface area contributed by atoms with E-state index >= 15 is 0 Å². The van der Waals surface area contributed by atoms with E-state index in [1.807, 2.05) is 134 Å². The Hall–Kier alpha value is -11.1. The summed E-state index contributed by atoms with van der Waals surface area (Å²) < 4.78 is 15.2. The van der Waals surface area contributed by atoms with Crippen LogP contribution in [0, 0.1) is 54.1 Å². The van der Waals surface area contributed by atoms with Gasteiger partial charge in [-0.15, -0.1) is 51.0 Å². The fraction of sp³-hybridized carbons (Fsp3) is 0.343. The monoisotopic (exact) mass is 1690 g/mol. The summed E-state index contributed by atoms with van der Waals surface area (Å²) in [5.74, 6) is 1.28. The molecular formula is C70H85BrClN32NaO4Sn. The normalized spacial score (nSPS) is 10.3. The maximum atomic E-state index is 10.3. The molecular weight excluding hydrogens is 1610 g/mol. The first-order valence-electron chi connectivity index (χ1n) is 33.9. The van der Waals surface area contributed by atoms with Crippen molar-refractivity contribution < 1.29 is 44.9 Å². The van der Waals surface area contributed by atoms with Gasteiger partial charge in [-0.1, -0.05) is 118 Å². The number of nitrogens with one attached hydrogen (secondary N) is 2. The average molecular weight is 1700 g/mol. The number of halogens is 2. The van der Waals surface area contributed by atoms with Gasteiger partial charge in [0, 0.05) is 52.4 Å². The topological polar surface area (TPSA) is 473 Å². The first-order valence-corrected chi connectivity index (χ1v) is 42.7. The van der Waals surface area contributed by atoms with E-state index in [1.54, 1.807) is 43.0 Å². The number of H-pyrrole nitrogens is 2. The standard InChI is InChI=1S/C9H9N7.C9H8N4.C8H8BrN3.C8H7N7O.C8H9N3.C7H6ClNO2.C7H7N3O.3C4H9.CN.CH4.N3.Na.Sn/c1-16-8-3-2-6(4-7(8)10-15-16)5-9-11-13-14-12-9;1-13-9-3-2-7(4-5-10)6-8(9)11-12-13;1-12-8-3-2-6(5-9)4-7(8)10-11-12;16-15-7-2-1-5(3-6(7)9-14-15)4-8-10-12-13-11-8;1-6-3-4-8-7(5-6)9-10-11(8)2;1-5-2-3-7(9(10)11)6(8)4-5;1-5-2-3-7-6(4-5)8-9-10(7)11;3*1-3-4-2;1-2;;1-3-2;;/h2-4H,5H2,1H3,(H,11,12,13,14);2-3,6H,4H2,1H3;2-4H,5H2,1H3;1-3,16H,4H2,(H,10,11,12,13);3-5H,1-2H3;2-4H,1H3;2-4,11H,1H3;3*1,3-4H2,2H3;;1H4;;;/q;;;;;;;;;;-1;;-1;2*+1. The molecule has 40 heteroatoms. The molecule has 0 aliphatic rings. The van der Waals surface area contributed by atoms with Gasteiger partial charge in [0.25, 0.3) is 5.69 Å². The summed E-state index contributed by atoms with van der Waals surface area (Å²) in [6.07, 6.45) is 9.13. The van der Waals surface area contributed by atoms with Gasteiger partial charge in [0.1, 0.15) is 49.2 Å². The van der Waals surface area contributed by atoms with Gasteiger partial charge in [-0.05, 0) is 149 Å². The molecule has 0 aliphatic carbocycles. The molecule has 0 radical (unpaired) electrons. The Morgan fingerprint density at radius 2 is 0.882 bits per heavy atom. The fourth-order valence-corrected chi connectivity index (χ4v) is 23.5. The van der Waals surface area contributed by atoms with E-state index < -0.39 is 23.6 Å². The van der Waals surface area contributed by atoms with Gasteiger partial charge in [-0.3, -0.25) is 10.1 Å². The molecule has 0 fully saturated rings. The average Bonchev–Trinajstić information content (AvgIpc) is 1.73. The van der Waals surface area contributed by atoms with Crippen molar-refractivity contribution in [1.29, 1.82) is 10.5 Å². The van der Waals surface area contributed by atoms with E-state index in [0.29, 0.717) is 53.0 Å². The van der Waals surface area contributed by atoms with Gasteiger partial charge in [0.15, 0.2) is 11.6 Å². The molecule has 7 aromatic carbocycles. The summed E-state index contributed by atoms with van der Waals surface area (Å²) in [5.41, 5.74) is 26.6. The van der Waals surface area contributed by atoms with Gasteiger partial charge in [0.2, 0.25) is 0 Å². The van der Waals surface area contributed by atoms with Crippen LogP contribution in [0.1, 0.15) is 117 Å². The van der Waals surface area contributed by atoms with Gasteiger partial charge in [-0.25, -0.2) is 18.7 Å². The summed E-state index contributed by atoms with van der Waals surface area (Å²) in [6.45, 7) is 17.3. The minimum absolute atomic E-state index is 0. The van der Waals surface area contributed by atoms with Crippen molar-refractivity contribution in [2.45, 2.75) is 125 Å². The number of nitriles is 1. The van der Waals surface area contributed by atoms with E-state index in [4.69, 9.17) is 39.4 Å². The quantitative estimate of drug-likeness (QED) is 0.00757. The minimum atomic E-state index is -2.45. The molecule has 15 rings (SSSR count). The second-order valence-corrected chi connectivity index (χ2v) is 37.3. The number of nitrogens with zero attached hydrogens (tertiary/aromatic N) is 30. The molecule has 0 bridgehead atoms. The molecule has 0 saturated carbocycles. The van der Waals surface area contributed by atoms with Gasteiger partial charge in [0.05, 0.1) is 39.5 Å². The number of fused-ring (bicyclic) bond motifs is 6. The first kappa shape index (κ1) is 89.6. The van der Waals surface area contributed by atoms with Crippen LogP contribution >= 0.6 is 27.5 Å². The number of hydrogen-bond donors (Lipinski definition) is 4. The van der Waals surface area contributed by atoms with Crippen LogP contribution in [0.2, 0.25) is 18.3 Å². The van der Waals surface area contributed by atoms with Crippen LogP contribution in [0.15, 0.2) is 131 Å². The predicted molar refractivity (Wildman–Crippen MR) is 417 cm³/mol. The summed E-state index contributed by atoms with van der Waals surface area (Å²) >= 11 is 6.53. The summed E-state index contributed by atoms with van der Waals surface area (Å²) in [4.78, 5) is 14.5. The maximum Gasteiger partial charge on any atom is 1.00 e. The zero-order chi connectivity index (χ0) is 78.1. The molecule has 0 amide bonds. The number of alkyl halides is 1. The Bertz CT molecular complexity index is 5220. The smallest absolute Gasteiger partial charge is 0.512 e. The number of nitro benzene ring substituents is 1. The first-order chi connectivity index (χ1) is 52.2. The van der Waals surface area contributed by atoms with E-state index in [2.05, 4.69) is 166 Å². The molecule has 0 saturated heterocycles. The van der Waals surface area contributed by atoms with Crippen molar-refractivity contribution in [3.63, 3.8) is 0 Å². The predicted octanol–water partition coefficient (Wildman–Crippen LogP) is 10.9. The van der Waals surface area contributed by atoms with Crippen molar-refractivity contribution in [3.05, 3.63) is 210 Å². The number of benzene rings is 7. The minimum Gasteiger partial charge on any atom is -0.512 e. The van der Waals surface area contributed by atoms with Crippen molar-refractivity contribution in [1.82, 2.24) is 132 Å². The number of aromatic amines is 2. The number of unbranched alkanes of at least 4 members (excludes halogenated alkanes) is 3. The number of rotatable bonds is 17. The van der Waals surface area contributed by atoms with Crippen LogP contribution in [0.4, 0.5) is 5.69 Å². The van der Waals surface area contributed by atoms with Crippen LogP contribution in [0.3, 0.4) is 0 Å². The molecule has 0 unspecified atom stereocenters. The number of azide groups is 1. The van der Waals surface area contributed by atoms with Crippen molar-refractivity contribution >= 4 is 118 Å². The zero-order valence-corrected chi connectivity index (χ0v) is 69.4. The zero-order valence-electron chi connectivity index (χ0n) is 62.2. The Balaban J connectivity index is 0.000000225. The molecule has 8 aromatic heterocycles. The molecule has 110 heavy (non-hydrogen) atoms.